The topological polar surface area (TPSA) is 32.3 Å². The van der Waals surface area contributed by atoms with Gasteiger partial charge in [-0.25, -0.2) is 0 Å². The molecule has 2 aromatic rings. The van der Waals surface area contributed by atoms with Gasteiger partial charge in [0.2, 0.25) is 0 Å². The molecule has 0 aromatic heterocycles. The molecular weight excluding hydrogens is 258 g/mol. The second-order valence-electron chi connectivity index (χ2n) is 6.35. The fourth-order valence-electron chi connectivity index (χ4n) is 3.68. The Kier molecular flexibility index (Phi) is 3.19. The van der Waals surface area contributed by atoms with Gasteiger partial charge in [0, 0.05) is 18.0 Å². The lowest BCUT2D eigenvalue weighted by molar-refractivity contribution is 0.446. The van der Waals surface area contributed by atoms with Crippen LogP contribution in [-0.2, 0) is 6.42 Å². The standard InChI is InChI=1S/C19H21NO/c21-15-9-10-16-14(11-15)7-4-8-18(16)20-19-12-17(19)13-5-2-1-3-6-13/h1-3,5-6,9-11,17-21H,4,7-8,12H2. The Balaban J connectivity index is 1.48. The van der Waals surface area contributed by atoms with Gasteiger partial charge >= 0.3 is 0 Å². The van der Waals surface area contributed by atoms with Crippen LogP contribution < -0.4 is 5.32 Å². The molecule has 0 saturated heterocycles. The van der Waals surface area contributed by atoms with Crippen LogP contribution >= 0.6 is 0 Å². The van der Waals surface area contributed by atoms with E-state index in [4.69, 9.17) is 0 Å². The summed E-state index contributed by atoms with van der Waals surface area (Å²) in [5, 5.41) is 13.5. The molecule has 0 spiro atoms. The number of aryl methyl sites for hydroxylation is 1. The zero-order valence-corrected chi connectivity index (χ0v) is 12.1. The van der Waals surface area contributed by atoms with Crippen LogP contribution in [0.2, 0.25) is 0 Å². The number of nitrogens with one attached hydrogen (secondary N) is 1. The van der Waals surface area contributed by atoms with Crippen molar-refractivity contribution in [3.05, 3.63) is 65.2 Å². The van der Waals surface area contributed by atoms with Crippen LogP contribution in [0.5, 0.6) is 5.75 Å². The van der Waals surface area contributed by atoms with Crippen LogP contribution in [0.25, 0.3) is 0 Å². The summed E-state index contributed by atoms with van der Waals surface area (Å²) < 4.78 is 0. The number of benzene rings is 2. The summed E-state index contributed by atoms with van der Waals surface area (Å²) in [5.74, 6) is 1.07. The van der Waals surface area contributed by atoms with Crippen molar-refractivity contribution in [1.29, 1.82) is 0 Å². The first-order valence-electron chi connectivity index (χ1n) is 7.94. The zero-order valence-electron chi connectivity index (χ0n) is 12.1. The first-order chi connectivity index (χ1) is 10.3. The second-order valence-corrected chi connectivity index (χ2v) is 6.35. The average Bonchev–Trinajstić information content (AvgIpc) is 3.27. The van der Waals surface area contributed by atoms with E-state index < -0.39 is 0 Å². The zero-order chi connectivity index (χ0) is 14.2. The van der Waals surface area contributed by atoms with Gasteiger partial charge < -0.3 is 10.4 Å². The maximum Gasteiger partial charge on any atom is 0.115 e. The summed E-state index contributed by atoms with van der Waals surface area (Å²) in [6.07, 6.45) is 4.75. The maximum absolute atomic E-state index is 9.64. The Morgan fingerprint density at radius 3 is 2.76 bits per heavy atom. The summed E-state index contributed by atoms with van der Waals surface area (Å²) in [6.45, 7) is 0. The Bertz CT molecular complexity index is 637. The molecule has 0 heterocycles. The number of hydrogen-bond donors (Lipinski definition) is 2. The summed E-state index contributed by atoms with van der Waals surface area (Å²) in [6, 6.07) is 17.7. The molecule has 2 nitrogen and oxygen atoms in total. The number of hydrogen-bond acceptors (Lipinski definition) is 2. The number of phenols is 1. The quantitative estimate of drug-likeness (QED) is 0.892. The normalized spacial score (nSPS) is 27.1. The molecule has 2 aromatic carbocycles. The van der Waals surface area contributed by atoms with E-state index in [1.54, 1.807) is 0 Å². The molecule has 2 aliphatic rings. The molecule has 0 bridgehead atoms. The highest BCUT2D eigenvalue weighted by Gasteiger charge is 2.40. The predicted molar refractivity (Wildman–Crippen MR) is 84.5 cm³/mol. The summed E-state index contributed by atoms with van der Waals surface area (Å²) in [5.41, 5.74) is 4.16. The molecule has 3 atom stereocenters. The maximum atomic E-state index is 9.64. The number of rotatable bonds is 3. The van der Waals surface area contributed by atoms with Crippen molar-refractivity contribution < 1.29 is 5.11 Å². The van der Waals surface area contributed by atoms with E-state index in [2.05, 4.69) is 41.7 Å². The van der Waals surface area contributed by atoms with Gasteiger partial charge in [-0.1, -0.05) is 36.4 Å². The first-order valence-corrected chi connectivity index (χ1v) is 7.94. The Morgan fingerprint density at radius 1 is 1.05 bits per heavy atom. The fourth-order valence-corrected chi connectivity index (χ4v) is 3.68. The van der Waals surface area contributed by atoms with E-state index in [-0.39, 0.29) is 0 Å². The van der Waals surface area contributed by atoms with Crippen molar-refractivity contribution in [2.45, 2.75) is 43.7 Å². The lowest BCUT2D eigenvalue weighted by Gasteiger charge is -2.27. The van der Waals surface area contributed by atoms with Crippen molar-refractivity contribution in [3.8, 4) is 5.75 Å². The van der Waals surface area contributed by atoms with E-state index in [1.807, 2.05) is 12.1 Å². The minimum absolute atomic E-state index is 0.392. The van der Waals surface area contributed by atoms with Crippen molar-refractivity contribution in [1.82, 2.24) is 5.32 Å². The van der Waals surface area contributed by atoms with Gasteiger partial charge in [-0.15, -0.1) is 0 Å². The molecule has 2 heteroatoms. The number of phenolic OH excluding ortho intramolecular Hbond substituents is 1. The van der Waals surface area contributed by atoms with E-state index in [0.717, 1.165) is 6.42 Å². The van der Waals surface area contributed by atoms with Gasteiger partial charge in [-0.2, -0.15) is 0 Å². The third-order valence-corrected chi connectivity index (χ3v) is 4.87. The Morgan fingerprint density at radius 2 is 1.90 bits per heavy atom. The van der Waals surface area contributed by atoms with Gasteiger partial charge in [-0.05, 0) is 54.5 Å². The summed E-state index contributed by atoms with van der Waals surface area (Å²) in [4.78, 5) is 0. The average molecular weight is 279 g/mol. The molecule has 21 heavy (non-hydrogen) atoms. The van der Waals surface area contributed by atoms with Gasteiger partial charge in [0.25, 0.3) is 0 Å². The minimum atomic E-state index is 0.392. The highest BCUT2D eigenvalue weighted by Crippen LogP contribution is 2.43. The Labute approximate surface area is 125 Å². The third-order valence-electron chi connectivity index (χ3n) is 4.87. The highest BCUT2D eigenvalue weighted by molar-refractivity contribution is 5.39. The SMILES string of the molecule is Oc1ccc2c(c1)CCCC2NC1CC1c1ccccc1. The first kappa shape index (κ1) is 12.9. The molecule has 3 unspecified atom stereocenters. The van der Waals surface area contributed by atoms with E-state index in [1.165, 1.54) is 36.0 Å². The van der Waals surface area contributed by atoms with Crippen LogP contribution in [0.1, 0.15) is 47.9 Å². The molecule has 0 radical (unpaired) electrons. The second kappa shape index (κ2) is 5.19. The van der Waals surface area contributed by atoms with Crippen LogP contribution in [-0.4, -0.2) is 11.1 Å². The number of aromatic hydroxyl groups is 1. The van der Waals surface area contributed by atoms with Gasteiger partial charge in [0.15, 0.2) is 0 Å². The molecule has 108 valence electrons. The van der Waals surface area contributed by atoms with Crippen LogP contribution in [0, 0.1) is 0 Å². The smallest absolute Gasteiger partial charge is 0.115 e. The molecular formula is C19H21NO. The van der Waals surface area contributed by atoms with E-state index in [9.17, 15) is 5.11 Å². The van der Waals surface area contributed by atoms with Crippen molar-refractivity contribution in [2.75, 3.05) is 0 Å². The molecule has 1 fully saturated rings. The van der Waals surface area contributed by atoms with E-state index >= 15 is 0 Å². The van der Waals surface area contributed by atoms with Crippen molar-refractivity contribution in [2.24, 2.45) is 0 Å². The number of fused-ring (bicyclic) bond motifs is 1. The molecule has 1 saturated carbocycles. The van der Waals surface area contributed by atoms with E-state index in [0.29, 0.717) is 23.8 Å². The molecule has 0 amide bonds. The van der Waals surface area contributed by atoms with Gasteiger partial charge in [0.1, 0.15) is 5.75 Å². The highest BCUT2D eigenvalue weighted by atomic mass is 16.3. The fraction of sp³-hybridized carbons (Fsp3) is 0.368. The minimum Gasteiger partial charge on any atom is -0.508 e. The largest absolute Gasteiger partial charge is 0.508 e. The van der Waals surface area contributed by atoms with Crippen LogP contribution in [0.4, 0.5) is 0 Å². The molecule has 2 N–H and O–H groups in total. The molecule has 4 rings (SSSR count). The summed E-state index contributed by atoms with van der Waals surface area (Å²) in [7, 11) is 0. The third kappa shape index (κ3) is 2.56. The predicted octanol–water partition coefficient (Wildman–Crippen LogP) is 3.92. The van der Waals surface area contributed by atoms with Crippen LogP contribution in [0.15, 0.2) is 48.5 Å². The molecule has 0 aliphatic heterocycles. The van der Waals surface area contributed by atoms with Gasteiger partial charge in [-0.3, -0.25) is 0 Å². The Hall–Kier alpha value is -1.80. The monoisotopic (exact) mass is 279 g/mol. The van der Waals surface area contributed by atoms with Crippen molar-refractivity contribution >= 4 is 0 Å². The lowest BCUT2D eigenvalue weighted by atomic mass is 9.87. The molecule has 2 aliphatic carbocycles. The summed E-state index contributed by atoms with van der Waals surface area (Å²) >= 11 is 0. The lowest BCUT2D eigenvalue weighted by Crippen LogP contribution is -2.27. The van der Waals surface area contributed by atoms with Gasteiger partial charge in [0.05, 0.1) is 0 Å². The van der Waals surface area contributed by atoms with Crippen molar-refractivity contribution in [3.63, 3.8) is 0 Å². The van der Waals surface area contributed by atoms with Crippen LogP contribution in [0.3, 0.4) is 0 Å².